The minimum absolute atomic E-state index is 0.0332. The van der Waals surface area contributed by atoms with Crippen molar-refractivity contribution in [1.29, 1.82) is 0 Å². The molecule has 1 amide bonds. The Labute approximate surface area is 132 Å². The zero-order valence-corrected chi connectivity index (χ0v) is 12.6. The van der Waals surface area contributed by atoms with Gasteiger partial charge in [0.2, 0.25) is 12.2 Å². The maximum Gasteiger partial charge on any atom is 0.257 e. The van der Waals surface area contributed by atoms with Gasteiger partial charge in [-0.2, -0.15) is 0 Å². The molecule has 0 spiro atoms. The molecule has 2 unspecified atom stereocenters. The molecule has 4 rings (SSSR count). The van der Waals surface area contributed by atoms with Gasteiger partial charge in [0, 0.05) is 43.3 Å². The summed E-state index contributed by atoms with van der Waals surface area (Å²) in [5, 5.41) is 0. The van der Waals surface area contributed by atoms with E-state index in [4.69, 9.17) is 0 Å². The van der Waals surface area contributed by atoms with E-state index >= 15 is 0 Å². The third-order valence-corrected chi connectivity index (χ3v) is 5.07. The van der Waals surface area contributed by atoms with Crippen molar-refractivity contribution in [2.24, 2.45) is 5.92 Å². The van der Waals surface area contributed by atoms with Gasteiger partial charge in [-0.3, -0.25) is 9.20 Å². The Hall–Kier alpha value is -2.05. The second-order valence-corrected chi connectivity index (χ2v) is 6.54. The Kier molecular flexibility index (Phi) is 3.50. The van der Waals surface area contributed by atoms with Crippen molar-refractivity contribution in [2.75, 3.05) is 0 Å². The number of carbonyl (C=O) groups is 1. The van der Waals surface area contributed by atoms with Crippen molar-refractivity contribution in [2.45, 2.75) is 50.6 Å². The Morgan fingerprint density at radius 3 is 2.70 bits per heavy atom. The van der Waals surface area contributed by atoms with Crippen LogP contribution in [0.15, 0.2) is 24.8 Å². The first kappa shape index (κ1) is 14.5. The lowest BCUT2D eigenvalue weighted by Gasteiger charge is -2.39. The lowest BCUT2D eigenvalue weighted by Crippen LogP contribution is -2.46. The molecule has 0 saturated carbocycles. The molecule has 122 valence electrons. The fourth-order valence-electron chi connectivity index (χ4n) is 4.14. The Morgan fingerprint density at radius 1 is 1.26 bits per heavy atom. The average Bonchev–Trinajstić information content (AvgIpc) is 3.08. The van der Waals surface area contributed by atoms with Crippen LogP contribution in [0.25, 0.3) is 5.78 Å². The summed E-state index contributed by atoms with van der Waals surface area (Å²) in [6, 6.07) is 0.173. The molecule has 2 atom stereocenters. The SMILES string of the molecule is O=C(c1cnc2nccn2c1)N1C2CCC1CC(CC(F)F)C2. The number of fused-ring (bicyclic) bond motifs is 3. The summed E-state index contributed by atoms with van der Waals surface area (Å²) in [5.41, 5.74) is 0.528. The molecule has 0 aromatic carbocycles. The molecular weight excluding hydrogens is 302 g/mol. The number of hydrogen-bond donors (Lipinski definition) is 0. The molecule has 2 aromatic heterocycles. The summed E-state index contributed by atoms with van der Waals surface area (Å²) >= 11 is 0. The number of halogens is 2. The van der Waals surface area contributed by atoms with Crippen molar-refractivity contribution in [1.82, 2.24) is 19.3 Å². The lowest BCUT2D eigenvalue weighted by atomic mass is 9.88. The molecule has 23 heavy (non-hydrogen) atoms. The summed E-state index contributed by atoms with van der Waals surface area (Å²) in [6.07, 6.45) is 7.58. The third-order valence-electron chi connectivity index (χ3n) is 5.07. The largest absolute Gasteiger partial charge is 0.333 e. The maximum absolute atomic E-state index is 12.9. The van der Waals surface area contributed by atoms with Gasteiger partial charge < -0.3 is 4.90 Å². The van der Waals surface area contributed by atoms with E-state index < -0.39 is 6.43 Å². The standard InChI is InChI=1S/C16H18F2N4O/c17-14(18)7-10-5-12-1-2-13(6-10)22(12)15(23)11-8-20-16-19-3-4-21(16)9-11/h3-4,8-10,12-14H,1-2,5-7H2. The van der Waals surface area contributed by atoms with Crippen LogP contribution in [0.1, 0.15) is 42.5 Å². The Bertz CT molecular complexity index is 718. The summed E-state index contributed by atoms with van der Waals surface area (Å²) in [4.78, 5) is 23.0. The highest BCUT2D eigenvalue weighted by atomic mass is 19.3. The smallest absolute Gasteiger partial charge is 0.257 e. The summed E-state index contributed by atoms with van der Waals surface area (Å²) in [7, 11) is 0. The first-order valence-electron chi connectivity index (χ1n) is 8.01. The highest BCUT2D eigenvalue weighted by Crippen LogP contribution is 2.41. The van der Waals surface area contributed by atoms with Crippen LogP contribution in [0, 0.1) is 5.92 Å². The molecule has 0 N–H and O–H groups in total. The van der Waals surface area contributed by atoms with E-state index in [0.29, 0.717) is 24.2 Å². The fraction of sp³-hybridized carbons (Fsp3) is 0.562. The molecule has 2 fully saturated rings. The number of aromatic nitrogens is 3. The van der Waals surface area contributed by atoms with Crippen LogP contribution in [-0.4, -0.2) is 43.7 Å². The van der Waals surface area contributed by atoms with Crippen LogP contribution in [0.5, 0.6) is 0 Å². The Balaban J connectivity index is 1.55. The molecule has 2 aliphatic rings. The second kappa shape index (κ2) is 5.54. The zero-order chi connectivity index (χ0) is 16.0. The highest BCUT2D eigenvalue weighted by Gasteiger charge is 2.43. The minimum atomic E-state index is -2.26. The van der Waals surface area contributed by atoms with Crippen molar-refractivity contribution in [3.8, 4) is 0 Å². The van der Waals surface area contributed by atoms with Crippen molar-refractivity contribution in [3.05, 3.63) is 30.4 Å². The normalized spacial score (nSPS) is 27.1. The molecule has 2 bridgehead atoms. The van der Waals surface area contributed by atoms with Gasteiger partial charge >= 0.3 is 0 Å². The monoisotopic (exact) mass is 320 g/mol. The highest BCUT2D eigenvalue weighted by molar-refractivity contribution is 5.94. The average molecular weight is 320 g/mol. The van der Waals surface area contributed by atoms with E-state index in [1.165, 1.54) is 0 Å². The molecule has 4 heterocycles. The summed E-state index contributed by atoms with van der Waals surface area (Å²) < 4.78 is 27.0. The quantitative estimate of drug-likeness (QED) is 0.874. The van der Waals surface area contributed by atoms with Gasteiger partial charge in [0.05, 0.1) is 5.56 Å². The topological polar surface area (TPSA) is 50.5 Å². The van der Waals surface area contributed by atoms with Crippen molar-refractivity contribution in [3.63, 3.8) is 0 Å². The molecule has 2 aromatic rings. The number of carbonyl (C=O) groups excluding carboxylic acids is 1. The number of alkyl halides is 2. The van der Waals surface area contributed by atoms with Crippen LogP contribution < -0.4 is 0 Å². The van der Waals surface area contributed by atoms with Crippen LogP contribution in [0.4, 0.5) is 8.78 Å². The molecule has 7 heteroatoms. The van der Waals surface area contributed by atoms with Gasteiger partial charge in [-0.05, 0) is 31.6 Å². The molecular formula is C16H18F2N4O. The molecule has 0 aliphatic carbocycles. The number of piperidine rings is 1. The third kappa shape index (κ3) is 2.58. The van der Waals surface area contributed by atoms with Gasteiger partial charge in [-0.25, -0.2) is 18.7 Å². The van der Waals surface area contributed by atoms with Gasteiger partial charge in [-0.1, -0.05) is 0 Å². The number of nitrogens with zero attached hydrogens (tertiary/aromatic N) is 4. The summed E-state index contributed by atoms with van der Waals surface area (Å²) in [6.45, 7) is 0. The number of hydrogen-bond acceptors (Lipinski definition) is 3. The molecule has 2 saturated heterocycles. The van der Waals surface area contributed by atoms with E-state index in [1.54, 1.807) is 29.2 Å². The van der Waals surface area contributed by atoms with Gasteiger partial charge in [0.1, 0.15) is 0 Å². The number of imidazole rings is 1. The molecule has 0 radical (unpaired) electrons. The van der Waals surface area contributed by atoms with Crippen LogP contribution in [0.2, 0.25) is 0 Å². The van der Waals surface area contributed by atoms with E-state index in [1.807, 2.05) is 4.90 Å². The second-order valence-electron chi connectivity index (χ2n) is 6.54. The van der Waals surface area contributed by atoms with Crippen molar-refractivity contribution < 1.29 is 13.6 Å². The van der Waals surface area contributed by atoms with E-state index in [9.17, 15) is 13.6 Å². The predicted octanol–water partition coefficient (Wildman–Crippen LogP) is 2.77. The van der Waals surface area contributed by atoms with Crippen molar-refractivity contribution >= 4 is 11.7 Å². The number of rotatable bonds is 3. The van der Waals surface area contributed by atoms with Crippen LogP contribution in [0.3, 0.4) is 0 Å². The lowest BCUT2D eigenvalue weighted by molar-refractivity contribution is 0.0409. The van der Waals surface area contributed by atoms with E-state index in [2.05, 4.69) is 9.97 Å². The molecule has 2 aliphatic heterocycles. The first-order valence-corrected chi connectivity index (χ1v) is 8.01. The van der Waals surface area contributed by atoms with E-state index in [-0.39, 0.29) is 30.3 Å². The van der Waals surface area contributed by atoms with E-state index in [0.717, 1.165) is 12.8 Å². The zero-order valence-electron chi connectivity index (χ0n) is 12.6. The Morgan fingerprint density at radius 2 is 2.00 bits per heavy atom. The number of amides is 1. The predicted molar refractivity (Wildman–Crippen MR) is 79.3 cm³/mol. The maximum atomic E-state index is 12.9. The fourth-order valence-corrected chi connectivity index (χ4v) is 4.14. The summed E-state index contributed by atoms with van der Waals surface area (Å²) in [5.74, 6) is 0.544. The van der Waals surface area contributed by atoms with Crippen LogP contribution >= 0.6 is 0 Å². The molecule has 5 nitrogen and oxygen atoms in total. The van der Waals surface area contributed by atoms with Gasteiger partial charge in [0.15, 0.2) is 0 Å². The minimum Gasteiger partial charge on any atom is -0.333 e. The first-order chi connectivity index (χ1) is 11.1. The van der Waals surface area contributed by atoms with Crippen LogP contribution in [-0.2, 0) is 0 Å². The van der Waals surface area contributed by atoms with Gasteiger partial charge in [0.25, 0.3) is 5.91 Å². The van der Waals surface area contributed by atoms with Gasteiger partial charge in [-0.15, -0.1) is 0 Å².